The van der Waals surface area contributed by atoms with E-state index in [1.165, 1.54) is 51.4 Å². The van der Waals surface area contributed by atoms with Crippen molar-refractivity contribution in [2.24, 2.45) is 5.92 Å². The molecule has 1 atom stereocenters. The second kappa shape index (κ2) is 16.6. The van der Waals surface area contributed by atoms with E-state index in [1.54, 1.807) is 48.5 Å². The third kappa shape index (κ3) is 8.71. The average molecular weight is 591 g/mol. The van der Waals surface area contributed by atoms with Crippen molar-refractivity contribution in [3.63, 3.8) is 0 Å². The van der Waals surface area contributed by atoms with Gasteiger partial charge in [-0.1, -0.05) is 132 Å². The maximum atomic E-state index is 15.3. The molecule has 0 N–H and O–H groups in total. The number of hydrogen-bond acceptors (Lipinski definition) is 0. The molecule has 0 fully saturated rings. The largest absolute Gasteiger partial charge is 0.203 e. The lowest BCUT2D eigenvalue weighted by molar-refractivity contribution is 0.421. The van der Waals surface area contributed by atoms with Crippen molar-refractivity contribution in [3.8, 4) is 22.3 Å². The lowest BCUT2D eigenvalue weighted by Gasteiger charge is -2.23. The minimum absolute atomic E-state index is 0.147. The third-order valence-electron chi connectivity index (χ3n) is 8.82. The molecule has 0 heterocycles. The predicted octanol–water partition coefficient (Wildman–Crippen LogP) is 12.8. The Labute approximate surface area is 255 Å². The molecule has 3 aromatic rings. The zero-order valence-electron chi connectivity index (χ0n) is 25.8. The molecule has 0 amide bonds. The SMILES string of the molecule is CC/C=C/CCc1ccc(-c2ccc(-c3ccc(C4=CCC(CCCCCCCCC)CC4)c(F)c3F)cc2)c(F)c1F. The van der Waals surface area contributed by atoms with Crippen molar-refractivity contribution in [2.75, 3.05) is 0 Å². The molecule has 43 heavy (non-hydrogen) atoms. The van der Waals surface area contributed by atoms with Crippen LogP contribution in [-0.2, 0) is 6.42 Å². The minimum Gasteiger partial charge on any atom is -0.203 e. The molecule has 0 aromatic heterocycles. The van der Waals surface area contributed by atoms with E-state index in [2.05, 4.69) is 13.0 Å². The molecule has 0 saturated carbocycles. The van der Waals surface area contributed by atoms with E-state index < -0.39 is 23.3 Å². The van der Waals surface area contributed by atoms with Crippen LogP contribution in [0.15, 0.2) is 66.8 Å². The first-order valence-electron chi connectivity index (χ1n) is 16.3. The number of aryl methyl sites for hydroxylation is 1. The van der Waals surface area contributed by atoms with Gasteiger partial charge in [-0.2, -0.15) is 0 Å². The molecule has 1 aliphatic carbocycles. The highest BCUT2D eigenvalue weighted by molar-refractivity contribution is 5.74. The first-order valence-corrected chi connectivity index (χ1v) is 16.3. The molecule has 4 heteroatoms. The molecular formula is C39H46F4. The van der Waals surface area contributed by atoms with Crippen LogP contribution in [0.25, 0.3) is 27.8 Å². The Kier molecular flexibility index (Phi) is 12.7. The number of unbranched alkanes of at least 4 members (excludes halogenated alkanes) is 6. The van der Waals surface area contributed by atoms with Gasteiger partial charge in [0.2, 0.25) is 0 Å². The summed E-state index contributed by atoms with van der Waals surface area (Å²) in [5, 5.41) is 0. The lowest BCUT2D eigenvalue weighted by Crippen LogP contribution is -2.07. The van der Waals surface area contributed by atoms with Crippen LogP contribution in [0.4, 0.5) is 17.6 Å². The highest BCUT2D eigenvalue weighted by Crippen LogP contribution is 2.37. The van der Waals surface area contributed by atoms with Crippen molar-refractivity contribution in [1.29, 1.82) is 0 Å². The van der Waals surface area contributed by atoms with Gasteiger partial charge in [-0.3, -0.25) is 0 Å². The summed E-state index contributed by atoms with van der Waals surface area (Å²) in [6.45, 7) is 4.26. The Morgan fingerprint density at radius 3 is 1.86 bits per heavy atom. The van der Waals surface area contributed by atoms with Crippen molar-refractivity contribution in [1.82, 2.24) is 0 Å². The molecule has 0 radical (unpaired) electrons. The summed E-state index contributed by atoms with van der Waals surface area (Å²) in [4.78, 5) is 0. The number of hydrogen-bond donors (Lipinski definition) is 0. The Bertz CT molecular complexity index is 1380. The monoisotopic (exact) mass is 590 g/mol. The Morgan fingerprint density at radius 1 is 0.651 bits per heavy atom. The minimum atomic E-state index is -0.892. The molecule has 0 spiro atoms. The maximum Gasteiger partial charge on any atom is 0.167 e. The van der Waals surface area contributed by atoms with Gasteiger partial charge >= 0.3 is 0 Å². The Hall–Kier alpha value is -3.14. The van der Waals surface area contributed by atoms with Crippen molar-refractivity contribution >= 4 is 5.57 Å². The van der Waals surface area contributed by atoms with E-state index >= 15 is 8.78 Å². The fourth-order valence-corrected chi connectivity index (χ4v) is 6.16. The van der Waals surface area contributed by atoms with Gasteiger partial charge < -0.3 is 0 Å². The van der Waals surface area contributed by atoms with Crippen LogP contribution in [-0.4, -0.2) is 0 Å². The molecule has 0 nitrogen and oxygen atoms in total. The van der Waals surface area contributed by atoms with Crippen LogP contribution >= 0.6 is 0 Å². The number of benzene rings is 3. The first kappa shape index (κ1) is 32.8. The molecule has 1 unspecified atom stereocenters. The smallest absolute Gasteiger partial charge is 0.167 e. The van der Waals surface area contributed by atoms with Crippen LogP contribution < -0.4 is 0 Å². The van der Waals surface area contributed by atoms with Crippen LogP contribution in [0.3, 0.4) is 0 Å². The van der Waals surface area contributed by atoms with Gasteiger partial charge in [0.1, 0.15) is 0 Å². The molecule has 1 aliphatic rings. The molecule has 0 aliphatic heterocycles. The maximum absolute atomic E-state index is 15.3. The molecular weight excluding hydrogens is 544 g/mol. The molecule has 4 rings (SSSR count). The van der Waals surface area contributed by atoms with Gasteiger partial charge in [-0.05, 0) is 66.7 Å². The summed E-state index contributed by atoms with van der Waals surface area (Å²) < 4.78 is 60.3. The summed E-state index contributed by atoms with van der Waals surface area (Å²) in [5.41, 5.74) is 2.84. The van der Waals surface area contributed by atoms with E-state index in [-0.39, 0.29) is 11.1 Å². The Morgan fingerprint density at radius 2 is 1.23 bits per heavy atom. The predicted molar refractivity (Wildman–Crippen MR) is 173 cm³/mol. The first-order chi connectivity index (χ1) is 20.9. The van der Waals surface area contributed by atoms with E-state index in [4.69, 9.17) is 0 Å². The number of rotatable bonds is 15. The topological polar surface area (TPSA) is 0 Å². The quantitative estimate of drug-likeness (QED) is 0.0938. The standard InChI is InChI=1S/C39H46F4/c1-3-5-7-9-10-11-12-14-28-16-18-29(19-17-28)34-26-27-35(39(43)38(34)42)31-22-20-30(21-23-31)33-25-24-32(36(40)37(33)41)15-13-8-6-4-2/h6,8,18,20-28H,3-5,7,9-17,19H2,1-2H3/b8-6+. The van der Waals surface area contributed by atoms with Gasteiger partial charge in [0, 0.05) is 16.7 Å². The molecule has 0 bridgehead atoms. The summed E-state index contributed by atoms with van der Waals surface area (Å²) in [5.74, 6) is -2.80. The van der Waals surface area contributed by atoms with Gasteiger partial charge in [0.05, 0.1) is 0 Å². The summed E-state index contributed by atoms with van der Waals surface area (Å²) in [6.07, 6.45) is 21.1. The highest BCUT2D eigenvalue weighted by Gasteiger charge is 2.21. The van der Waals surface area contributed by atoms with E-state index in [0.29, 0.717) is 41.0 Å². The van der Waals surface area contributed by atoms with Crippen LogP contribution in [0.2, 0.25) is 0 Å². The van der Waals surface area contributed by atoms with Crippen molar-refractivity contribution in [3.05, 3.63) is 101 Å². The van der Waals surface area contributed by atoms with Gasteiger partial charge in [0.15, 0.2) is 23.3 Å². The summed E-state index contributed by atoms with van der Waals surface area (Å²) >= 11 is 0. The fourth-order valence-electron chi connectivity index (χ4n) is 6.16. The van der Waals surface area contributed by atoms with Gasteiger partial charge in [-0.15, -0.1) is 0 Å². The summed E-state index contributed by atoms with van der Waals surface area (Å²) in [6, 6.07) is 13.0. The third-order valence-corrected chi connectivity index (χ3v) is 8.82. The van der Waals surface area contributed by atoms with Crippen LogP contribution in [0.1, 0.15) is 108 Å². The van der Waals surface area contributed by atoms with Crippen LogP contribution in [0.5, 0.6) is 0 Å². The zero-order chi connectivity index (χ0) is 30.6. The van der Waals surface area contributed by atoms with Crippen LogP contribution in [0, 0.1) is 29.2 Å². The molecule has 230 valence electrons. The fraction of sp³-hybridized carbons (Fsp3) is 0.436. The number of halogens is 4. The van der Waals surface area contributed by atoms with E-state index in [0.717, 1.165) is 31.3 Å². The van der Waals surface area contributed by atoms with E-state index in [9.17, 15) is 8.78 Å². The highest BCUT2D eigenvalue weighted by atomic mass is 19.2. The lowest BCUT2D eigenvalue weighted by atomic mass is 9.83. The molecule has 0 saturated heterocycles. The second-order valence-electron chi connectivity index (χ2n) is 12.0. The van der Waals surface area contributed by atoms with Crippen molar-refractivity contribution < 1.29 is 17.6 Å². The Balaban J connectivity index is 1.39. The van der Waals surface area contributed by atoms with E-state index in [1.807, 2.05) is 19.1 Å². The number of allylic oxidation sites excluding steroid dienone is 4. The van der Waals surface area contributed by atoms with Gasteiger partial charge in [0.25, 0.3) is 0 Å². The summed E-state index contributed by atoms with van der Waals surface area (Å²) in [7, 11) is 0. The zero-order valence-corrected chi connectivity index (χ0v) is 25.8. The second-order valence-corrected chi connectivity index (χ2v) is 12.0. The normalized spacial score (nSPS) is 15.3. The molecule has 3 aromatic carbocycles. The average Bonchev–Trinajstić information content (AvgIpc) is 3.03. The van der Waals surface area contributed by atoms with Gasteiger partial charge in [-0.25, -0.2) is 17.6 Å². The van der Waals surface area contributed by atoms with Crippen molar-refractivity contribution in [2.45, 2.75) is 104 Å².